The minimum atomic E-state index is -3.58. The summed E-state index contributed by atoms with van der Waals surface area (Å²) in [7, 11) is -3.58. The Hall–Kier alpha value is -0.920. The van der Waals surface area contributed by atoms with Gasteiger partial charge in [-0.15, -0.1) is 0 Å². The molecule has 22 heavy (non-hydrogen) atoms. The van der Waals surface area contributed by atoms with E-state index in [-0.39, 0.29) is 23.3 Å². The summed E-state index contributed by atoms with van der Waals surface area (Å²) in [5.74, 6) is -0.686. The number of piperidine rings is 1. The highest BCUT2D eigenvalue weighted by Gasteiger charge is 2.34. The second kappa shape index (κ2) is 7.10. The normalized spacial score (nSPS) is 19.9. The predicted molar refractivity (Wildman–Crippen MR) is 87.0 cm³/mol. The summed E-state index contributed by atoms with van der Waals surface area (Å²) in [5.41, 5.74) is 0.861. The van der Waals surface area contributed by atoms with Gasteiger partial charge in [-0.05, 0) is 50.5 Å². The van der Waals surface area contributed by atoms with Gasteiger partial charge in [-0.25, -0.2) is 8.42 Å². The summed E-state index contributed by atoms with van der Waals surface area (Å²) in [5, 5.41) is 0. The smallest absolute Gasteiger partial charge is 0.310 e. The van der Waals surface area contributed by atoms with Gasteiger partial charge in [0.15, 0.2) is 0 Å². The predicted octanol–water partition coefficient (Wildman–Crippen LogP) is 2.72. The van der Waals surface area contributed by atoms with Crippen molar-refractivity contribution in [2.24, 2.45) is 5.92 Å². The summed E-state index contributed by atoms with van der Waals surface area (Å²) in [6, 6.07) is 4.96. The van der Waals surface area contributed by atoms with Crippen LogP contribution in [0.5, 0.6) is 0 Å². The van der Waals surface area contributed by atoms with E-state index < -0.39 is 10.0 Å². The van der Waals surface area contributed by atoms with Crippen LogP contribution in [0.2, 0.25) is 0 Å². The van der Waals surface area contributed by atoms with Crippen molar-refractivity contribution in [1.82, 2.24) is 4.31 Å². The fourth-order valence-corrected chi connectivity index (χ4v) is 4.40. The Morgan fingerprint density at radius 2 is 2.18 bits per heavy atom. The topological polar surface area (TPSA) is 63.7 Å². The van der Waals surface area contributed by atoms with Crippen LogP contribution < -0.4 is 0 Å². The number of rotatable bonds is 4. The lowest BCUT2D eigenvalue weighted by Gasteiger charge is -2.30. The van der Waals surface area contributed by atoms with Gasteiger partial charge < -0.3 is 4.74 Å². The average Bonchev–Trinajstić information content (AvgIpc) is 2.50. The van der Waals surface area contributed by atoms with Crippen molar-refractivity contribution in [3.05, 3.63) is 28.2 Å². The van der Waals surface area contributed by atoms with Crippen LogP contribution in [0.25, 0.3) is 0 Å². The van der Waals surface area contributed by atoms with Crippen LogP contribution in [-0.4, -0.2) is 38.4 Å². The largest absolute Gasteiger partial charge is 0.466 e. The Balaban J connectivity index is 2.21. The Kier molecular flexibility index (Phi) is 5.63. The summed E-state index contributed by atoms with van der Waals surface area (Å²) in [6.07, 6.45) is 1.34. The number of ether oxygens (including phenoxy) is 1. The first-order chi connectivity index (χ1) is 10.4. The van der Waals surface area contributed by atoms with Crippen molar-refractivity contribution in [3.63, 3.8) is 0 Å². The zero-order chi connectivity index (χ0) is 16.3. The number of sulfonamides is 1. The molecule has 1 atom stereocenters. The Labute approximate surface area is 139 Å². The number of benzene rings is 1. The summed E-state index contributed by atoms with van der Waals surface area (Å²) >= 11 is 3.37. The van der Waals surface area contributed by atoms with E-state index in [9.17, 15) is 13.2 Å². The Morgan fingerprint density at radius 1 is 1.45 bits per heavy atom. The fraction of sp³-hybridized carbons (Fsp3) is 0.533. The number of hydrogen-bond donors (Lipinski definition) is 0. The van der Waals surface area contributed by atoms with Crippen LogP contribution >= 0.6 is 15.9 Å². The van der Waals surface area contributed by atoms with E-state index in [1.807, 2.05) is 6.92 Å². The molecule has 1 heterocycles. The molecule has 1 aromatic rings. The highest BCUT2D eigenvalue weighted by molar-refractivity contribution is 9.10. The monoisotopic (exact) mass is 389 g/mol. The Morgan fingerprint density at radius 3 is 2.82 bits per heavy atom. The second-order valence-electron chi connectivity index (χ2n) is 5.37. The summed E-state index contributed by atoms with van der Waals surface area (Å²) < 4.78 is 32.7. The minimum absolute atomic E-state index is 0.191. The van der Waals surface area contributed by atoms with Crippen LogP contribution in [0.4, 0.5) is 0 Å². The summed E-state index contributed by atoms with van der Waals surface area (Å²) in [6.45, 7) is 4.54. The zero-order valence-electron chi connectivity index (χ0n) is 12.7. The van der Waals surface area contributed by atoms with Crippen LogP contribution in [0.15, 0.2) is 27.6 Å². The van der Waals surface area contributed by atoms with Crippen molar-refractivity contribution < 1.29 is 17.9 Å². The number of hydrogen-bond acceptors (Lipinski definition) is 4. The molecule has 1 fully saturated rings. The molecular weight excluding hydrogens is 370 g/mol. The molecule has 0 spiro atoms. The zero-order valence-corrected chi connectivity index (χ0v) is 15.1. The lowest BCUT2D eigenvalue weighted by molar-refractivity contribution is -0.149. The van der Waals surface area contributed by atoms with Crippen molar-refractivity contribution in [2.75, 3.05) is 19.7 Å². The number of nitrogens with zero attached hydrogens (tertiary/aromatic N) is 1. The van der Waals surface area contributed by atoms with Gasteiger partial charge in [0.25, 0.3) is 0 Å². The third-order valence-corrected chi connectivity index (χ3v) is 6.52. The highest BCUT2D eigenvalue weighted by Crippen LogP contribution is 2.27. The molecule has 1 aliphatic heterocycles. The molecule has 0 radical (unpaired) electrons. The van der Waals surface area contributed by atoms with Gasteiger partial charge in [0, 0.05) is 17.6 Å². The van der Waals surface area contributed by atoms with E-state index in [1.165, 1.54) is 4.31 Å². The second-order valence-corrected chi connectivity index (χ2v) is 8.16. The first-order valence-electron chi connectivity index (χ1n) is 7.29. The number of aryl methyl sites for hydroxylation is 1. The van der Waals surface area contributed by atoms with Crippen molar-refractivity contribution in [1.29, 1.82) is 0 Å². The molecule has 1 aliphatic rings. The van der Waals surface area contributed by atoms with Crippen LogP contribution in [0, 0.1) is 12.8 Å². The number of halogens is 1. The maximum Gasteiger partial charge on any atom is 0.310 e. The van der Waals surface area contributed by atoms with E-state index in [4.69, 9.17) is 4.74 Å². The lowest BCUT2D eigenvalue weighted by Crippen LogP contribution is -2.42. The molecule has 2 rings (SSSR count). The van der Waals surface area contributed by atoms with Gasteiger partial charge in [0.2, 0.25) is 10.0 Å². The van der Waals surface area contributed by atoms with E-state index in [0.717, 1.165) is 10.0 Å². The van der Waals surface area contributed by atoms with E-state index >= 15 is 0 Å². The van der Waals surface area contributed by atoms with Gasteiger partial charge in [-0.3, -0.25) is 4.79 Å². The summed E-state index contributed by atoms with van der Waals surface area (Å²) in [4.78, 5) is 12.1. The first-order valence-corrected chi connectivity index (χ1v) is 9.52. The molecule has 7 heteroatoms. The maximum absolute atomic E-state index is 12.7. The lowest BCUT2D eigenvalue weighted by atomic mass is 10.0. The molecule has 1 aromatic carbocycles. The quantitative estimate of drug-likeness (QED) is 0.742. The molecule has 1 saturated heterocycles. The van der Waals surface area contributed by atoms with Gasteiger partial charge in [-0.1, -0.05) is 15.9 Å². The minimum Gasteiger partial charge on any atom is -0.466 e. The van der Waals surface area contributed by atoms with Gasteiger partial charge in [0.1, 0.15) is 0 Å². The molecule has 122 valence electrons. The van der Waals surface area contributed by atoms with Crippen LogP contribution in [0.1, 0.15) is 25.3 Å². The molecule has 5 nitrogen and oxygen atoms in total. The van der Waals surface area contributed by atoms with E-state index in [0.29, 0.717) is 26.0 Å². The third-order valence-electron chi connectivity index (χ3n) is 3.77. The van der Waals surface area contributed by atoms with Crippen molar-refractivity contribution in [3.8, 4) is 0 Å². The van der Waals surface area contributed by atoms with Gasteiger partial charge in [-0.2, -0.15) is 4.31 Å². The highest BCUT2D eigenvalue weighted by atomic mass is 79.9. The number of carbonyl (C=O) groups is 1. The molecule has 0 bridgehead atoms. The Bertz CT molecular complexity index is 660. The van der Waals surface area contributed by atoms with Crippen molar-refractivity contribution in [2.45, 2.75) is 31.6 Å². The van der Waals surface area contributed by atoms with Crippen molar-refractivity contribution >= 4 is 31.9 Å². The average molecular weight is 390 g/mol. The first kappa shape index (κ1) is 17.4. The fourth-order valence-electron chi connectivity index (χ4n) is 2.54. The molecule has 0 amide bonds. The van der Waals surface area contributed by atoms with Gasteiger partial charge >= 0.3 is 5.97 Å². The molecule has 0 N–H and O–H groups in total. The number of esters is 1. The van der Waals surface area contributed by atoms with E-state index in [2.05, 4.69) is 15.9 Å². The molecule has 0 aliphatic carbocycles. The SMILES string of the molecule is CCOC(=O)[C@@H]1CCCN(S(=O)(=O)c2ccc(Br)c(C)c2)C1. The third kappa shape index (κ3) is 3.70. The standard InChI is InChI=1S/C15H20BrNO4S/c1-3-21-15(18)12-5-4-8-17(10-12)22(19,20)13-6-7-14(16)11(2)9-13/h6-7,9,12H,3-5,8,10H2,1-2H3/t12-/m1/s1. The number of carbonyl (C=O) groups excluding carboxylic acids is 1. The molecule has 0 saturated carbocycles. The molecule has 0 unspecified atom stereocenters. The van der Waals surface area contributed by atoms with Crippen LogP contribution in [-0.2, 0) is 19.6 Å². The van der Waals surface area contributed by atoms with E-state index in [1.54, 1.807) is 25.1 Å². The van der Waals surface area contributed by atoms with Crippen LogP contribution in [0.3, 0.4) is 0 Å². The molecule has 0 aromatic heterocycles. The van der Waals surface area contributed by atoms with Gasteiger partial charge in [0.05, 0.1) is 17.4 Å². The molecular formula is C15H20BrNO4S. The maximum atomic E-state index is 12.7.